The molecule has 0 aromatic rings. The average molecular weight is 223 g/mol. The van der Waals surface area contributed by atoms with E-state index in [2.05, 4.69) is 19.2 Å². The summed E-state index contributed by atoms with van der Waals surface area (Å²) in [6.45, 7) is 6.08. The smallest absolute Gasteiger partial charge is 0.00723 e. The van der Waals surface area contributed by atoms with Gasteiger partial charge in [-0.15, -0.1) is 0 Å². The van der Waals surface area contributed by atoms with Gasteiger partial charge in [-0.25, -0.2) is 0 Å². The lowest BCUT2D eigenvalue weighted by molar-refractivity contribution is 0.361. The molecule has 2 aliphatic rings. The van der Waals surface area contributed by atoms with E-state index in [9.17, 15) is 0 Å². The zero-order valence-corrected chi connectivity index (χ0v) is 11.2. The van der Waals surface area contributed by atoms with E-state index in [1.807, 2.05) is 0 Å². The minimum atomic E-state index is 0.600. The van der Waals surface area contributed by atoms with Gasteiger partial charge in [0.05, 0.1) is 0 Å². The van der Waals surface area contributed by atoms with Crippen LogP contribution in [0, 0.1) is 11.3 Å². The quantitative estimate of drug-likeness (QED) is 0.691. The summed E-state index contributed by atoms with van der Waals surface area (Å²) in [7, 11) is 0. The molecule has 0 aliphatic heterocycles. The molecule has 16 heavy (non-hydrogen) atoms. The Morgan fingerprint density at radius 3 is 2.50 bits per heavy atom. The van der Waals surface area contributed by atoms with Crippen molar-refractivity contribution in [3.63, 3.8) is 0 Å². The molecule has 2 fully saturated rings. The van der Waals surface area contributed by atoms with Crippen LogP contribution in [0.25, 0.3) is 0 Å². The normalized spacial score (nSPS) is 30.0. The highest BCUT2D eigenvalue weighted by Crippen LogP contribution is 2.36. The molecule has 0 radical (unpaired) electrons. The molecule has 0 spiro atoms. The molecule has 1 N–H and O–H groups in total. The third-order valence-electron chi connectivity index (χ3n) is 4.67. The highest BCUT2D eigenvalue weighted by atomic mass is 14.9. The van der Waals surface area contributed by atoms with Crippen LogP contribution in [0.1, 0.15) is 71.6 Å². The van der Waals surface area contributed by atoms with Crippen LogP contribution < -0.4 is 5.32 Å². The second-order valence-corrected chi connectivity index (χ2v) is 6.85. The average Bonchev–Trinajstić information content (AvgIpc) is 2.82. The van der Waals surface area contributed by atoms with Crippen LogP contribution in [0.2, 0.25) is 0 Å². The fourth-order valence-corrected chi connectivity index (χ4v) is 3.61. The van der Waals surface area contributed by atoms with Gasteiger partial charge in [0.2, 0.25) is 0 Å². The molecular formula is C15H29N. The number of hydrogen-bond acceptors (Lipinski definition) is 1. The Morgan fingerprint density at radius 2 is 1.88 bits per heavy atom. The van der Waals surface area contributed by atoms with Gasteiger partial charge in [0, 0.05) is 6.04 Å². The third-order valence-corrected chi connectivity index (χ3v) is 4.67. The molecule has 1 unspecified atom stereocenters. The molecule has 2 saturated carbocycles. The van der Waals surface area contributed by atoms with Gasteiger partial charge in [0.1, 0.15) is 0 Å². The van der Waals surface area contributed by atoms with Crippen molar-refractivity contribution in [3.05, 3.63) is 0 Å². The van der Waals surface area contributed by atoms with Crippen molar-refractivity contribution in [3.8, 4) is 0 Å². The predicted octanol–water partition coefficient (Wildman–Crippen LogP) is 4.13. The zero-order chi connectivity index (χ0) is 11.4. The predicted molar refractivity (Wildman–Crippen MR) is 70.6 cm³/mol. The van der Waals surface area contributed by atoms with Gasteiger partial charge in [-0.05, 0) is 50.0 Å². The van der Waals surface area contributed by atoms with E-state index in [0.29, 0.717) is 5.41 Å². The molecule has 0 aromatic carbocycles. The van der Waals surface area contributed by atoms with Crippen molar-refractivity contribution in [2.75, 3.05) is 6.54 Å². The standard InChI is InChI=1S/C15H29N/c1-15(2)10-9-14(12-15)16-11-5-8-13-6-3-4-7-13/h13-14,16H,3-12H2,1-2H3. The minimum Gasteiger partial charge on any atom is -0.314 e. The number of rotatable bonds is 5. The van der Waals surface area contributed by atoms with Crippen molar-refractivity contribution in [1.29, 1.82) is 0 Å². The molecule has 1 heteroatoms. The molecule has 1 atom stereocenters. The van der Waals surface area contributed by atoms with Gasteiger partial charge < -0.3 is 5.32 Å². The summed E-state index contributed by atoms with van der Waals surface area (Å²) in [4.78, 5) is 0. The van der Waals surface area contributed by atoms with E-state index in [1.54, 1.807) is 0 Å². The Labute approximate surface area is 101 Å². The summed E-state index contributed by atoms with van der Waals surface area (Å²) in [5, 5.41) is 3.76. The Morgan fingerprint density at radius 1 is 1.12 bits per heavy atom. The molecule has 2 rings (SSSR count). The molecule has 0 heterocycles. The van der Waals surface area contributed by atoms with Gasteiger partial charge in [-0.3, -0.25) is 0 Å². The molecule has 94 valence electrons. The lowest BCUT2D eigenvalue weighted by atomic mass is 9.92. The molecule has 0 bridgehead atoms. The Hall–Kier alpha value is -0.0400. The van der Waals surface area contributed by atoms with Crippen LogP contribution in [-0.2, 0) is 0 Å². The van der Waals surface area contributed by atoms with E-state index in [1.165, 1.54) is 64.3 Å². The van der Waals surface area contributed by atoms with Gasteiger partial charge in [-0.2, -0.15) is 0 Å². The van der Waals surface area contributed by atoms with Crippen molar-refractivity contribution >= 4 is 0 Å². The molecule has 0 saturated heterocycles. The van der Waals surface area contributed by atoms with E-state index in [0.717, 1.165) is 12.0 Å². The van der Waals surface area contributed by atoms with E-state index in [4.69, 9.17) is 0 Å². The van der Waals surface area contributed by atoms with Crippen molar-refractivity contribution in [2.24, 2.45) is 11.3 Å². The Balaban J connectivity index is 1.51. The number of nitrogens with one attached hydrogen (secondary N) is 1. The van der Waals surface area contributed by atoms with Crippen molar-refractivity contribution < 1.29 is 0 Å². The summed E-state index contributed by atoms with van der Waals surface area (Å²) in [6, 6.07) is 0.818. The van der Waals surface area contributed by atoms with Crippen molar-refractivity contribution in [2.45, 2.75) is 77.7 Å². The van der Waals surface area contributed by atoms with Crippen LogP contribution in [0.15, 0.2) is 0 Å². The first-order chi connectivity index (χ1) is 7.66. The highest BCUT2D eigenvalue weighted by Gasteiger charge is 2.30. The molecule has 0 aromatic heterocycles. The zero-order valence-electron chi connectivity index (χ0n) is 11.2. The third kappa shape index (κ3) is 3.76. The van der Waals surface area contributed by atoms with Gasteiger partial charge >= 0.3 is 0 Å². The Bertz CT molecular complexity index is 203. The summed E-state index contributed by atoms with van der Waals surface area (Å²) in [5.41, 5.74) is 0.600. The lowest BCUT2D eigenvalue weighted by Crippen LogP contribution is -2.28. The lowest BCUT2D eigenvalue weighted by Gasteiger charge is -2.18. The van der Waals surface area contributed by atoms with Crippen LogP contribution in [0.5, 0.6) is 0 Å². The molecule has 2 aliphatic carbocycles. The maximum Gasteiger partial charge on any atom is 0.00723 e. The monoisotopic (exact) mass is 223 g/mol. The van der Waals surface area contributed by atoms with E-state index in [-0.39, 0.29) is 0 Å². The summed E-state index contributed by atoms with van der Waals surface area (Å²) in [6.07, 6.45) is 13.1. The van der Waals surface area contributed by atoms with Gasteiger partial charge in [0.15, 0.2) is 0 Å². The minimum absolute atomic E-state index is 0.600. The van der Waals surface area contributed by atoms with Crippen LogP contribution >= 0.6 is 0 Å². The van der Waals surface area contributed by atoms with E-state index < -0.39 is 0 Å². The molecule has 0 amide bonds. The van der Waals surface area contributed by atoms with Crippen LogP contribution in [0.4, 0.5) is 0 Å². The fourth-order valence-electron chi connectivity index (χ4n) is 3.61. The van der Waals surface area contributed by atoms with Crippen LogP contribution in [-0.4, -0.2) is 12.6 Å². The summed E-state index contributed by atoms with van der Waals surface area (Å²) >= 11 is 0. The molecular weight excluding hydrogens is 194 g/mol. The Kier molecular flexibility index (Phi) is 4.29. The largest absolute Gasteiger partial charge is 0.314 e. The summed E-state index contributed by atoms with van der Waals surface area (Å²) in [5.74, 6) is 1.07. The second-order valence-electron chi connectivity index (χ2n) is 6.85. The molecule has 1 nitrogen and oxygen atoms in total. The van der Waals surface area contributed by atoms with Gasteiger partial charge in [0.25, 0.3) is 0 Å². The number of hydrogen-bond donors (Lipinski definition) is 1. The van der Waals surface area contributed by atoms with Gasteiger partial charge in [-0.1, -0.05) is 39.5 Å². The first-order valence-electron chi connectivity index (χ1n) is 7.39. The van der Waals surface area contributed by atoms with Crippen LogP contribution in [0.3, 0.4) is 0 Å². The topological polar surface area (TPSA) is 12.0 Å². The highest BCUT2D eigenvalue weighted by molar-refractivity contribution is 4.86. The maximum absolute atomic E-state index is 3.76. The maximum atomic E-state index is 3.76. The van der Waals surface area contributed by atoms with Crippen molar-refractivity contribution in [1.82, 2.24) is 5.32 Å². The van der Waals surface area contributed by atoms with E-state index >= 15 is 0 Å². The SMILES string of the molecule is CC1(C)CCC(NCCCC2CCCC2)C1. The second kappa shape index (κ2) is 5.53. The first kappa shape index (κ1) is 12.4. The first-order valence-corrected chi connectivity index (χ1v) is 7.39. The summed E-state index contributed by atoms with van der Waals surface area (Å²) < 4.78 is 0. The fraction of sp³-hybridized carbons (Fsp3) is 1.00.